The first-order valence-corrected chi connectivity index (χ1v) is 8.08. The average Bonchev–Trinajstić information content (AvgIpc) is 2.45. The molecular weight excluding hydrogens is 362 g/mol. The van der Waals surface area contributed by atoms with Crippen LogP contribution in [0.15, 0.2) is 53.0 Å². The van der Waals surface area contributed by atoms with Gasteiger partial charge in [-0.25, -0.2) is 4.39 Å². The second kappa shape index (κ2) is 6.93. The summed E-state index contributed by atoms with van der Waals surface area (Å²) in [7, 11) is 0. The van der Waals surface area contributed by atoms with Crippen LogP contribution in [0.5, 0.6) is 0 Å². The lowest BCUT2D eigenvalue weighted by Crippen LogP contribution is -2.33. The van der Waals surface area contributed by atoms with E-state index in [9.17, 15) is 4.39 Å². The molecule has 0 amide bonds. The van der Waals surface area contributed by atoms with Crippen LogP contribution in [0.1, 0.15) is 11.1 Å². The Bertz CT molecular complexity index is 582. The lowest BCUT2D eigenvalue weighted by molar-refractivity contribution is 0.528. The first-order valence-electron chi connectivity index (χ1n) is 6.22. The van der Waals surface area contributed by atoms with Crippen LogP contribution in [-0.2, 0) is 11.8 Å². The van der Waals surface area contributed by atoms with E-state index in [0.29, 0.717) is 18.2 Å². The summed E-state index contributed by atoms with van der Waals surface area (Å²) in [6.45, 7) is 0. The molecule has 2 aromatic carbocycles. The predicted octanol–water partition coefficient (Wildman–Crippen LogP) is 5.55. The van der Waals surface area contributed by atoms with E-state index in [0.717, 1.165) is 15.6 Å². The van der Waals surface area contributed by atoms with Crippen LogP contribution >= 0.6 is 39.1 Å². The molecule has 106 valence electrons. The van der Waals surface area contributed by atoms with Gasteiger partial charge in [0.1, 0.15) is 5.82 Å². The highest BCUT2D eigenvalue weighted by atomic mass is 79.9. The Kier molecular flexibility index (Phi) is 5.48. The van der Waals surface area contributed by atoms with Gasteiger partial charge in [0.25, 0.3) is 0 Å². The molecule has 0 N–H and O–H groups in total. The summed E-state index contributed by atoms with van der Waals surface area (Å²) in [5.74, 6) is 0.412. The van der Waals surface area contributed by atoms with Gasteiger partial charge in [-0.05, 0) is 41.8 Å². The summed E-state index contributed by atoms with van der Waals surface area (Å²) in [6, 6.07) is 14.5. The topological polar surface area (TPSA) is 0 Å². The minimum absolute atomic E-state index is 0.267. The summed E-state index contributed by atoms with van der Waals surface area (Å²) in [4.78, 5) is 0. The van der Waals surface area contributed by atoms with Crippen molar-refractivity contribution in [1.82, 2.24) is 0 Å². The molecule has 0 fully saturated rings. The Labute approximate surface area is 137 Å². The number of alkyl halides is 2. The number of hydrogen-bond acceptors (Lipinski definition) is 0. The van der Waals surface area contributed by atoms with E-state index in [2.05, 4.69) is 15.9 Å². The molecule has 0 aromatic heterocycles. The van der Waals surface area contributed by atoms with Crippen molar-refractivity contribution in [1.29, 1.82) is 0 Å². The van der Waals surface area contributed by atoms with Gasteiger partial charge in [0, 0.05) is 21.6 Å². The Balaban J connectivity index is 2.39. The highest BCUT2D eigenvalue weighted by Crippen LogP contribution is 2.32. The molecule has 0 heterocycles. The average molecular weight is 376 g/mol. The Morgan fingerprint density at radius 3 is 2.30 bits per heavy atom. The second-order valence-corrected chi connectivity index (χ2v) is 6.31. The highest BCUT2D eigenvalue weighted by Gasteiger charge is 2.31. The van der Waals surface area contributed by atoms with Crippen LogP contribution in [-0.4, -0.2) is 11.8 Å². The van der Waals surface area contributed by atoms with Crippen molar-refractivity contribution in [2.75, 3.05) is 11.8 Å². The Morgan fingerprint density at radius 1 is 1.00 bits per heavy atom. The fourth-order valence-electron chi connectivity index (χ4n) is 2.24. The molecule has 0 spiro atoms. The number of benzene rings is 2. The third-order valence-electron chi connectivity index (χ3n) is 3.38. The zero-order valence-corrected chi connectivity index (χ0v) is 13.8. The summed E-state index contributed by atoms with van der Waals surface area (Å²) in [6.07, 6.45) is 0.670. The van der Waals surface area contributed by atoms with E-state index in [1.807, 2.05) is 30.3 Å². The van der Waals surface area contributed by atoms with Gasteiger partial charge in [0.2, 0.25) is 0 Å². The molecular formula is C16H14BrCl2F. The zero-order valence-electron chi connectivity index (χ0n) is 10.8. The molecule has 0 aliphatic rings. The maximum atomic E-state index is 13.5. The largest absolute Gasteiger partial charge is 0.207 e. The van der Waals surface area contributed by atoms with Gasteiger partial charge in [-0.3, -0.25) is 0 Å². The van der Waals surface area contributed by atoms with E-state index in [4.69, 9.17) is 23.2 Å². The van der Waals surface area contributed by atoms with Crippen LogP contribution in [0.4, 0.5) is 4.39 Å². The molecule has 0 atom stereocenters. The van der Waals surface area contributed by atoms with Crippen molar-refractivity contribution < 1.29 is 4.39 Å². The Morgan fingerprint density at radius 2 is 1.70 bits per heavy atom. The van der Waals surface area contributed by atoms with Crippen LogP contribution in [0.3, 0.4) is 0 Å². The SMILES string of the molecule is Fc1cccc(C(CCl)(CCl)Cc2cccc(Br)c2)c1. The zero-order chi connectivity index (χ0) is 14.6. The summed E-state index contributed by atoms with van der Waals surface area (Å²) in [5.41, 5.74) is 1.49. The molecule has 0 saturated carbocycles. The maximum absolute atomic E-state index is 13.5. The van der Waals surface area contributed by atoms with Crippen molar-refractivity contribution in [3.05, 3.63) is 69.9 Å². The molecule has 0 unspecified atom stereocenters. The third-order valence-corrected chi connectivity index (χ3v) is 4.90. The summed E-state index contributed by atoms with van der Waals surface area (Å²) < 4.78 is 14.5. The van der Waals surface area contributed by atoms with Crippen molar-refractivity contribution in [2.45, 2.75) is 11.8 Å². The van der Waals surface area contributed by atoms with Gasteiger partial charge in [-0.2, -0.15) is 0 Å². The van der Waals surface area contributed by atoms with Gasteiger partial charge in [-0.15, -0.1) is 23.2 Å². The van der Waals surface area contributed by atoms with E-state index in [1.165, 1.54) is 12.1 Å². The van der Waals surface area contributed by atoms with Crippen LogP contribution in [0.25, 0.3) is 0 Å². The Hall–Kier alpha value is -0.570. The third kappa shape index (κ3) is 3.55. The van der Waals surface area contributed by atoms with E-state index in [1.54, 1.807) is 6.07 Å². The minimum Gasteiger partial charge on any atom is -0.207 e. The van der Waals surface area contributed by atoms with E-state index >= 15 is 0 Å². The van der Waals surface area contributed by atoms with Gasteiger partial charge >= 0.3 is 0 Å². The molecule has 0 nitrogen and oxygen atoms in total. The van der Waals surface area contributed by atoms with Crippen molar-refractivity contribution >= 4 is 39.1 Å². The molecule has 20 heavy (non-hydrogen) atoms. The van der Waals surface area contributed by atoms with Gasteiger partial charge in [0.05, 0.1) is 0 Å². The second-order valence-electron chi connectivity index (χ2n) is 4.86. The molecule has 2 aromatic rings. The van der Waals surface area contributed by atoms with E-state index in [-0.39, 0.29) is 5.82 Å². The maximum Gasteiger partial charge on any atom is 0.123 e. The van der Waals surface area contributed by atoms with Crippen LogP contribution in [0.2, 0.25) is 0 Å². The van der Waals surface area contributed by atoms with Crippen LogP contribution in [0, 0.1) is 5.82 Å². The summed E-state index contributed by atoms with van der Waals surface area (Å²) >= 11 is 15.8. The van der Waals surface area contributed by atoms with Gasteiger partial charge in [-0.1, -0.05) is 40.2 Å². The van der Waals surface area contributed by atoms with Crippen LogP contribution < -0.4 is 0 Å². The van der Waals surface area contributed by atoms with Crippen molar-refractivity contribution in [3.63, 3.8) is 0 Å². The number of hydrogen-bond donors (Lipinski definition) is 0. The molecule has 4 heteroatoms. The van der Waals surface area contributed by atoms with Gasteiger partial charge < -0.3 is 0 Å². The van der Waals surface area contributed by atoms with Gasteiger partial charge in [0.15, 0.2) is 0 Å². The molecule has 0 aliphatic carbocycles. The lowest BCUT2D eigenvalue weighted by Gasteiger charge is -2.30. The smallest absolute Gasteiger partial charge is 0.123 e. The lowest BCUT2D eigenvalue weighted by atomic mass is 9.78. The molecule has 0 bridgehead atoms. The monoisotopic (exact) mass is 374 g/mol. The quantitative estimate of drug-likeness (QED) is 0.601. The first kappa shape index (κ1) is 15.8. The fraction of sp³-hybridized carbons (Fsp3) is 0.250. The van der Waals surface area contributed by atoms with Crippen molar-refractivity contribution in [3.8, 4) is 0 Å². The fourth-order valence-corrected chi connectivity index (χ4v) is 3.47. The molecule has 0 aliphatic heterocycles. The highest BCUT2D eigenvalue weighted by molar-refractivity contribution is 9.10. The van der Waals surface area contributed by atoms with Crippen molar-refractivity contribution in [2.24, 2.45) is 0 Å². The van der Waals surface area contributed by atoms with E-state index < -0.39 is 5.41 Å². The minimum atomic E-state index is -0.466. The normalized spacial score (nSPS) is 11.6. The first-order chi connectivity index (χ1) is 9.59. The molecule has 0 saturated heterocycles. The number of rotatable bonds is 5. The standard InChI is InChI=1S/C16H14BrCl2F/c17-14-5-1-3-12(7-14)9-16(10-18,11-19)13-4-2-6-15(20)8-13/h1-8H,9-11H2. The number of halogens is 4. The predicted molar refractivity (Wildman–Crippen MR) is 87.4 cm³/mol. The molecule has 2 rings (SSSR count). The molecule has 0 radical (unpaired) electrons. The summed E-state index contributed by atoms with van der Waals surface area (Å²) in [5, 5.41) is 0.